The van der Waals surface area contributed by atoms with Gasteiger partial charge in [-0.2, -0.15) is 13.2 Å². The van der Waals surface area contributed by atoms with Gasteiger partial charge in [-0.15, -0.1) is 0 Å². The van der Waals surface area contributed by atoms with Crippen LogP contribution in [0.1, 0.15) is 27.8 Å². The third-order valence-electron chi connectivity index (χ3n) is 6.29. The van der Waals surface area contributed by atoms with Crippen LogP contribution in [0.4, 0.5) is 13.2 Å². The van der Waals surface area contributed by atoms with E-state index in [1.807, 2.05) is 54.6 Å². The predicted molar refractivity (Wildman–Crippen MR) is 134 cm³/mol. The second kappa shape index (κ2) is 10.7. The Hall–Kier alpha value is -4.39. The smallest absolute Gasteiger partial charge is 0.416 e. The quantitative estimate of drug-likeness (QED) is 0.297. The largest absolute Gasteiger partial charge is 0.480 e. The van der Waals surface area contributed by atoms with Crippen LogP contribution in [-0.4, -0.2) is 23.0 Å². The van der Waals surface area contributed by atoms with E-state index in [0.717, 1.165) is 12.1 Å². The molecular formula is C30H24F3NO3. The molecule has 4 nitrogen and oxygen atoms in total. The number of halogens is 3. The number of benzene rings is 4. The Kier molecular flexibility index (Phi) is 7.43. The molecule has 1 amide bonds. The minimum Gasteiger partial charge on any atom is -0.480 e. The van der Waals surface area contributed by atoms with Crippen LogP contribution >= 0.6 is 0 Å². The molecule has 0 aliphatic heterocycles. The maximum atomic E-state index is 14.2. The van der Waals surface area contributed by atoms with E-state index in [9.17, 15) is 27.9 Å². The number of aliphatic carboxylic acids is 1. The Morgan fingerprint density at radius 2 is 1.05 bits per heavy atom. The molecular weight excluding hydrogens is 479 g/mol. The Morgan fingerprint density at radius 3 is 1.41 bits per heavy atom. The van der Waals surface area contributed by atoms with Gasteiger partial charge in [0.1, 0.15) is 11.5 Å². The highest BCUT2D eigenvalue weighted by molar-refractivity contribution is 5.98. The van der Waals surface area contributed by atoms with Crippen molar-refractivity contribution >= 4 is 11.9 Å². The SMILES string of the molecule is O=C(O)[C@H](Cc1ccc(C(F)(F)F)cc1)NC(=O)C(c1ccccc1)(c1ccccc1)c1ccccc1. The molecule has 0 bridgehead atoms. The normalized spacial score (nSPS) is 12.5. The first-order chi connectivity index (χ1) is 17.7. The van der Waals surface area contributed by atoms with Crippen LogP contribution in [0.5, 0.6) is 0 Å². The number of hydrogen-bond donors (Lipinski definition) is 2. The lowest BCUT2D eigenvalue weighted by Gasteiger charge is -2.35. The fourth-order valence-electron chi connectivity index (χ4n) is 4.49. The number of hydrogen-bond acceptors (Lipinski definition) is 2. The van der Waals surface area contributed by atoms with Crippen molar-refractivity contribution in [3.05, 3.63) is 143 Å². The zero-order valence-corrected chi connectivity index (χ0v) is 19.7. The molecule has 1 atom stereocenters. The Morgan fingerprint density at radius 1 is 0.649 bits per heavy atom. The summed E-state index contributed by atoms with van der Waals surface area (Å²) in [6.07, 6.45) is -4.69. The standard InChI is InChI=1S/C30H24F3NO3/c31-30(32,33)25-18-16-21(17-19-25)20-26(27(35)36)34-28(37)29(22-10-4-1-5-11-22,23-12-6-2-7-13-23)24-14-8-3-9-15-24/h1-19,26H,20H2,(H,34,37)(H,35,36)/t26-/m0/s1. The Bertz CT molecular complexity index is 1240. The van der Waals surface area contributed by atoms with Crippen LogP contribution in [0, 0.1) is 0 Å². The molecule has 0 radical (unpaired) electrons. The minimum absolute atomic E-state index is 0.187. The Balaban J connectivity index is 1.77. The van der Waals surface area contributed by atoms with Gasteiger partial charge in [-0.1, -0.05) is 103 Å². The van der Waals surface area contributed by atoms with Gasteiger partial charge in [0.25, 0.3) is 0 Å². The number of carbonyl (C=O) groups excluding carboxylic acids is 1. The number of alkyl halides is 3. The molecule has 4 rings (SSSR count). The van der Waals surface area contributed by atoms with Gasteiger partial charge in [0.05, 0.1) is 5.56 Å². The zero-order chi connectivity index (χ0) is 26.5. The molecule has 7 heteroatoms. The Labute approximate surface area is 212 Å². The lowest BCUT2D eigenvalue weighted by atomic mass is 9.68. The zero-order valence-electron chi connectivity index (χ0n) is 19.7. The van der Waals surface area contributed by atoms with Gasteiger partial charge < -0.3 is 10.4 Å². The molecule has 0 saturated heterocycles. The molecule has 4 aromatic carbocycles. The molecule has 0 spiro atoms. The highest BCUT2D eigenvalue weighted by Gasteiger charge is 2.45. The number of carbonyl (C=O) groups is 2. The first-order valence-electron chi connectivity index (χ1n) is 11.6. The van der Waals surface area contributed by atoms with Crippen molar-refractivity contribution in [1.82, 2.24) is 5.32 Å². The van der Waals surface area contributed by atoms with Crippen molar-refractivity contribution in [3.8, 4) is 0 Å². The average Bonchev–Trinajstić information content (AvgIpc) is 2.90. The summed E-state index contributed by atoms with van der Waals surface area (Å²) in [4.78, 5) is 26.4. The number of rotatable bonds is 8. The van der Waals surface area contributed by atoms with E-state index in [2.05, 4.69) is 5.32 Å². The van der Waals surface area contributed by atoms with Gasteiger partial charge in [-0.05, 0) is 34.4 Å². The van der Waals surface area contributed by atoms with E-state index in [4.69, 9.17) is 0 Å². The van der Waals surface area contributed by atoms with E-state index in [0.29, 0.717) is 22.3 Å². The summed E-state index contributed by atoms with van der Waals surface area (Å²) >= 11 is 0. The fraction of sp³-hybridized carbons (Fsp3) is 0.133. The van der Waals surface area contributed by atoms with Crippen molar-refractivity contribution in [2.45, 2.75) is 24.1 Å². The van der Waals surface area contributed by atoms with Crippen molar-refractivity contribution < 1.29 is 27.9 Å². The van der Waals surface area contributed by atoms with Gasteiger partial charge in [-0.3, -0.25) is 4.79 Å². The molecule has 4 aromatic rings. The van der Waals surface area contributed by atoms with Crippen molar-refractivity contribution in [2.24, 2.45) is 0 Å². The topological polar surface area (TPSA) is 66.4 Å². The first kappa shape index (κ1) is 25.7. The van der Waals surface area contributed by atoms with E-state index < -0.39 is 35.1 Å². The molecule has 0 aliphatic rings. The second-order valence-corrected chi connectivity index (χ2v) is 8.61. The van der Waals surface area contributed by atoms with Crippen LogP contribution in [-0.2, 0) is 27.6 Å². The third kappa shape index (κ3) is 5.40. The molecule has 0 aliphatic carbocycles. The number of carboxylic acids is 1. The molecule has 2 N–H and O–H groups in total. The van der Waals surface area contributed by atoms with E-state index in [1.54, 1.807) is 36.4 Å². The minimum atomic E-state index is -4.50. The molecule has 0 saturated carbocycles. The van der Waals surface area contributed by atoms with Gasteiger partial charge >= 0.3 is 12.1 Å². The fourth-order valence-corrected chi connectivity index (χ4v) is 4.49. The molecule has 0 aromatic heterocycles. The summed E-state index contributed by atoms with van der Waals surface area (Å²) in [7, 11) is 0. The van der Waals surface area contributed by atoms with Crippen molar-refractivity contribution in [2.75, 3.05) is 0 Å². The summed E-state index contributed by atoms with van der Waals surface area (Å²) in [6, 6.07) is 30.1. The molecule has 0 unspecified atom stereocenters. The van der Waals surface area contributed by atoms with Crippen LogP contribution in [0.2, 0.25) is 0 Å². The maximum Gasteiger partial charge on any atom is 0.416 e. The molecule has 0 heterocycles. The summed E-state index contributed by atoms with van der Waals surface area (Å²) < 4.78 is 38.8. The summed E-state index contributed by atoms with van der Waals surface area (Å²) in [5.41, 5.74) is 0.0713. The first-order valence-corrected chi connectivity index (χ1v) is 11.6. The number of carboxylic acid groups (broad SMARTS) is 1. The molecule has 188 valence electrons. The van der Waals surface area contributed by atoms with Crippen molar-refractivity contribution in [1.29, 1.82) is 0 Å². The lowest BCUT2D eigenvalue weighted by Crippen LogP contribution is -2.52. The second-order valence-electron chi connectivity index (χ2n) is 8.61. The van der Waals surface area contributed by atoms with Crippen molar-refractivity contribution in [3.63, 3.8) is 0 Å². The maximum absolute atomic E-state index is 14.2. The van der Waals surface area contributed by atoms with Gasteiger partial charge in [-0.25, -0.2) is 4.79 Å². The molecule has 0 fully saturated rings. The lowest BCUT2D eigenvalue weighted by molar-refractivity contribution is -0.142. The monoisotopic (exact) mass is 503 g/mol. The summed E-state index contributed by atoms with van der Waals surface area (Å²) in [5.74, 6) is -1.85. The van der Waals surface area contributed by atoms with E-state index >= 15 is 0 Å². The van der Waals surface area contributed by atoms with Crippen LogP contribution in [0.3, 0.4) is 0 Å². The van der Waals surface area contributed by atoms with Crippen LogP contribution in [0.25, 0.3) is 0 Å². The number of amides is 1. The molecule has 37 heavy (non-hydrogen) atoms. The predicted octanol–water partition coefficient (Wildman–Crippen LogP) is 5.85. The van der Waals surface area contributed by atoms with Gasteiger partial charge in [0.2, 0.25) is 5.91 Å². The highest BCUT2D eigenvalue weighted by Crippen LogP contribution is 2.39. The summed E-state index contributed by atoms with van der Waals surface area (Å²) in [5, 5.41) is 12.6. The van der Waals surface area contributed by atoms with Crippen LogP contribution in [0.15, 0.2) is 115 Å². The third-order valence-corrected chi connectivity index (χ3v) is 6.29. The average molecular weight is 504 g/mol. The van der Waals surface area contributed by atoms with E-state index in [-0.39, 0.29) is 6.42 Å². The summed E-state index contributed by atoms with van der Waals surface area (Å²) in [6.45, 7) is 0. The van der Waals surface area contributed by atoms with Crippen LogP contribution < -0.4 is 5.32 Å². The highest BCUT2D eigenvalue weighted by atomic mass is 19.4. The van der Waals surface area contributed by atoms with E-state index in [1.165, 1.54) is 12.1 Å². The number of nitrogens with one attached hydrogen (secondary N) is 1. The van der Waals surface area contributed by atoms with Gasteiger partial charge in [0.15, 0.2) is 0 Å². The van der Waals surface area contributed by atoms with Gasteiger partial charge in [0, 0.05) is 6.42 Å².